The van der Waals surface area contributed by atoms with E-state index in [1.165, 1.54) is 18.2 Å². The second-order valence-electron chi connectivity index (χ2n) is 5.06. The Morgan fingerprint density at radius 2 is 1.76 bits per heavy atom. The summed E-state index contributed by atoms with van der Waals surface area (Å²) in [6.07, 6.45) is 0.745. The van der Waals surface area contributed by atoms with Crippen molar-refractivity contribution in [1.29, 1.82) is 0 Å². The fourth-order valence-electron chi connectivity index (χ4n) is 2.60. The average molecular weight is 281 g/mol. The van der Waals surface area contributed by atoms with Crippen molar-refractivity contribution in [1.82, 2.24) is 0 Å². The average Bonchev–Trinajstić information content (AvgIpc) is 2.53. The van der Waals surface area contributed by atoms with E-state index in [9.17, 15) is 4.79 Å². The van der Waals surface area contributed by atoms with Gasteiger partial charge in [0.15, 0.2) is 0 Å². The maximum absolute atomic E-state index is 11.5. The van der Waals surface area contributed by atoms with Crippen molar-refractivity contribution < 1.29 is 14.1 Å². The Kier molecular flexibility index (Phi) is 3.44. The molecule has 2 aromatic rings. The molecule has 0 bridgehead atoms. The zero-order valence-corrected chi connectivity index (χ0v) is 11.9. The molecule has 4 heteroatoms. The quantitative estimate of drug-likeness (QED) is 0.678. The summed E-state index contributed by atoms with van der Waals surface area (Å²) in [7, 11) is 1.38. The molecule has 0 spiro atoms. The monoisotopic (exact) mass is 281 g/mol. The minimum atomic E-state index is -0.331. The van der Waals surface area contributed by atoms with Crippen molar-refractivity contribution in [3.8, 4) is 0 Å². The molecule has 0 amide bonds. The van der Waals surface area contributed by atoms with Crippen molar-refractivity contribution in [2.24, 2.45) is 5.73 Å². The van der Waals surface area contributed by atoms with Gasteiger partial charge in [0.1, 0.15) is 12.2 Å². The highest BCUT2D eigenvalue weighted by Crippen LogP contribution is 2.22. The second kappa shape index (κ2) is 5.40. The van der Waals surface area contributed by atoms with Crippen molar-refractivity contribution in [2.45, 2.75) is 13.0 Å². The molecule has 1 aliphatic rings. The van der Waals surface area contributed by atoms with Gasteiger partial charge in [-0.15, -0.1) is 0 Å². The van der Waals surface area contributed by atoms with E-state index in [-0.39, 0.29) is 5.97 Å². The van der Waals surface area contributed by atoms with Gasteiger partial charge >= 0.3 is 5.97 Å². The van der Waals surface area contributed by atoms with Gasteiger partial charge in [-0.25, -0.2) is 9.37 Å². The van der Waals surface area contributed by atoms with Crippen LogP contribution in [0.25, 0.3) is 0 Å². The normalized spacial score (nSPS) is 13.8. The Morgan fingerprint density at radius 1 is 1.10 bits per heavy atom. The summed E-state index contributed by atoms with van der Waals surface area (Å²) in [5, 5.41) is 0. The van der Waals surface area contributed by atoms with E-state index in [0.717, 1.165) is 24.5 Å². The predicted octanol–water partition coefficient (Wildman–Crippen LogP) is 2.23. The Morgan fingerprint density at radius 3 is 2.43 bits per heavy atom. The number of nitrogens with zero attached hydrogens (tertiary/aromatic N) is 1. The summed E-state index contributed by atoms with van der Waals surface area (Å²) in [5.41, 5.74) is 10.3. The number of esters is 1. The van der Waals surface area contributed by atoms with Gasteiger partial charge < -0.3 is 4.74 Å². The number of carbonyl (C=O) groups is 1. The van der Waals surface area contributed by atoms with Crippen LogP contribution in [0.4, 0.5) is 5.69 Å². The molecule has 2 N–H and O–H groups in total. The number of benzene rings is 2. The molecule has 106 valence electrons. The fraction of sp³-hybridized carbons (Fsp3) is 0.176. The minimum absolute atomic E-state index is 0.331. The van der Waals surface area contributed by atoms with Crippen LogP contribution in [0.3, 0.4) is 0 Å². The van der Waals surface area contributed by atoms with Gasteiger partial charge in [-0.05, 0) is 35.4 Å². The topological polar surface area (TPSA) is 55.3 Å². The van der Waals surface area contributed by atoms with E-state index in [2.05, 4.69) is 16.7 Å². The highest BCUT2D eigenvalue weighted by atomic mass is 16.5. The van der Waals surface area contributed by atoms with Gasteiger partial charge in [0.25, 0.3) is 5.84 Å². The number of amidine groups is 1. The maximum atomic E-state index is 11.5. The number of ether oxygens (including phenoxy) is 1. The number of nitrogens with two attached hydrogens (primary N) is 1. The molecular weight excluding hydrogens is 264 g/mol. The molecule has 2 aromatic carbocycles. The van der Waals surface area contributed by atoms with E-state index in [1.54, 1.807) is 12.1 Å². The third-order valence-electron chi connectivity index (χ3n) is 3.77. The lowest BCUT2D eigenvalue weighted by Crippen LogP contribution is -2.31. The number of hydrogen-bond acceptors (Lipinski definition) is 3. The van der Waals surface area contributed by atoms with Gasteiger partial charge in [-0.2, -0.15) is 0 Å². The Hall–Kier alpha value is -2.62. The first-order valence-electron chi connectivity index (χ1n) is 6.83. The first-order valence-corrected chi connectivity index (χ1v) is 6.83. The zero-order valence-electron chi connectivity index (χ0n) is 11.9. The number of rotatable bonds is 2. The van der Waals surface area contributed by atoms with Gasteiger partial charge in [0.2, 0.25) is 0 Å². The Labute approximate surface area is 123 Å². The number of hydrogen-bond donors (Lipinski definition) is 1. The van der Waals surface area contributed by atoms with Gasteiger partial charge in [0, 0.05) is 0 Å². The predicted molar refractivity (Wildman–Crippen MR) is 80.7 cm³/mol. The summed E-state index contributed by atoms with van der Waals surface area (Å²) in [5.74, 6) is 0.488. The number of fused-ring (bicyclic) bond motifs is 1. The van der Waals surface area contributed by atoms with Crippen LogP contribution >= 0.6 is 0 Å². The molecule has 0 radical (unpaired) electrons. The van der Waals surface area contributed by atoms with E-state index in [4.69, 9.17) is 10.5 Å². The molecule has 21 heavy (non-hydrogen) atoms. The molecule has 0 aromatic heterocycles. The number of methoxy groups -OCH3 is 1. The van der Waals surface area contributed by atoms with Crippen LogP contribution in [0.15, 0.2) is 48.5 Å². The van der Waals surface area contributed by atoms with E-state index >= 15 is 0 Å². The van der Waals surface area contributed by atoms with Crippen LogP contribution in [-0.2, 0) is 17.7 Å². The lowest BCUT2D eigenvalue weighted by atomic mass is 10.0. The SMILES string of the molecule is COC(=O)c1ccc([N+]2=C(N)Cc3ccccc3C2)cc1. The van der Waals surface area contributed by atoms with Gasteiger partial charge in [-0.1, -0.05) is 24.3 Å². The highest BCUT2D eigenvalue weighted by Gasteiger charge is 2.21. The third kappa shape index (κ3) is 2.52. The molecule has 0 fully saturated rings. The molecule has 1 heterocycles. The smallest absolute Gasteiger partial charge is 0.337 e. The third-order valence-corrected chi connectivity index (χ3v) is 3.77. The first-order chi connectivity index (χ1) is 10.2. The Balaban J connectivity index is 1.92. The summed E-state index contributed by atoms with van der Waals surface area (Å²) in [4.78, 5) is 11.5. The van der Waals surface area contributed by atoms with Gasteiger partial charge in [0.05, 0.1) is 19.1 Å². The van der Waals surface area contributed by atoms with E-state index in [0.29, 0.717) is 5.56 Å². The van der Waals surface area contributed by atoms with E-state index in [1.807, 2.05) is 24.3 Å². The molecule has 0 saturated heterocycles. The fourth-order valence-corrected chi connectivity index (χ4v) is 2.60. The lowest BCUT2D eigenvalue weighted by molar-refractivity contribution is -0.462. The zero-order chi connectivity index (χ0) is 14.8. The van der Waals surface area contributed by atoms with Crippen LogP contribution < -0.4 is 5.73 Å². The van der Waals surface area contributed by atoms with Gasteiger partial charge in [-0.3, -0.25) is 5.73 Å². The molecule has 1 aliphatic heterocycles. The molecule has 0 atom stereocenters. The van der Waals surface area contributed by atoms with Crippen molar-refractivity contribution in [3.05, 3.63) is 65.2 Å². The summed E-state index contributed by atoms with van der Waals surface area (Å²) >= 11 is 0. The largest absolute Gasteiger partial charge is 0.465 e. The van der Waals surface area contributed by atoms with Crippen LogP contribution in [0.2, 0.25) is 0 Å². The van der Waals surface area contributed by atoms with E-state index < -0.39 is 0 Å². The standard InChI is InChI=1S/C17H16N2O2/c1-21-17(20)12-6-8-15(9-7-12)19-11-14-5-3-2-4-13(14)10-16(19)18/h2-9,18H,10-11H2,1H3/p+1. The molecule has 4 nitrogen and oxygen atoms in total. The van der Waals surface area contributed by atoms with Crippen molar-refractivity contribution >= 4 is 17.5 Å². The first kappa shape index (κ1) is 13.4. The molecular formula is C17H17N2O2+. The molecule has 0 aliphatic carbocycles. The lowest BCUT2D eigenvalue weighted by Gasteiger charge is -2.18. The van der Waals surface area contributed by atoms with Crippen LogP contribution in [0, 0.1) is 0 Å². The van der Waals surface area contributed by atoms with Crippen LogP contribution in [0.1, 0.15) is 21.5 Å². The highest BCUT2D eigenvalue weighted by molar-refractivity contribution is 5.89. The Bertz CT molecular complexity index is 718. The molecule has 0 saturated carbocycles. The minimum Gasteiger partial charge on any atom is -0.465 e. The van der Waals surface area contributed by atoms with Crippen LogP contribution in [-0.4, -0.2) is 23.5 Å². The molecule has 0 unspecified atom stereocenters. The van der Waals surface area contributed by atoms with Crippen molar-refractivity contribution in [2.75, 3.05) is 7.11 Å². The maximum Gasteiger partial charge on any atom is 0.337 e. The van der Waals surface area contributed by atoms with Crippen LogP contribution in [0.5, 0.6) is 0 Å². The molecule has 3 rings (SSSR count). The summed E-state index contributed by atoms with van der Waals surface area (Å²) in [6, 6.07) is 15.6. The van der Waals surface area contributed by atoms with Crippen molar-refractivity contribution in [3.63, 3.8) is 0 Å². The number of carbonyl (C=O) groups excluding carboxylic acids is 1. The summed E-state index contributed by atoms with van der Waals surface area (Å²) in [6.45, 7) is 0.750. The second-order valence-corrected chi connectivity index (χ2v) is 5.06. The summed E-state index contributed by atoms with van der Waals surface area (Å²) < 4.78 is 6.78.